The summed E-state index contributed by atoms with van der Waals surface area (Å²) in [5.41, 5.74) is 2.81. The van der Waals surface area contributed by atoms with Crippen LogP contribution in [0.15, 0.2) is 0 Å². The number of amides is 3. The predicted molar refractivity (Wildman–Crippen MR) is 87.0 cm³/mol. The van der Waals surface area contributed by atoms with Gasteiger partial charge >= 0.3 is 12.3 Å². The molecule has 1 aliphatic heterocycles. The average Bonchev–Trinajstić information content (AvgIpc) is 2.31. The average molecular weight is 391 g/mol. The van der Waals surface area contributed by atoms with Crippen LogP contribution in [0, 0.1) is 16.7 Å². The third kappa shape index (κ3) is 3.84. The van der Waals surface area contributed by atoms with Crippen LogP contribution in [0.5, 0.6) is 0 Å². The first kappa shape index (κ1) is 19.8. The maximum absolute atomic E-state index is 12.2. The second kappa shape index (κ2) is 6.00. The Labute approximate surface area is 154 Å². The molecular formula is C17H24F3N3O4. The number of ether oxygens (including phenoxy) is 1. The van der Waals surface area contributed by atoms with Crippen LogP contribution >= 0.6 is 0 Å². The molecule has 0 aromatic heterocycles. The van der Waals surface area contributed by atoms with Crippen molar-refractivity contribution >= 4 is 17.9 Å². The summed E-state index contributed by atoms with van der Waals surface area (Å²) in [5.74, 6) is -1.42. The quantitative estimate of drug-likeness (QED) is 0.722. The molecular weight excluding hydrogens is 367 g/mol. The lowest BCUT2D eigenvalue weighted by atomic mass is 9.31. The highest BCUT2D eigenvalue weighted by molar-refractivity contribution is 5.88. The van der Waals surface area contributed by atoms with E-state index in [1.807, 2.05) is 5.43 Å². The van der Waals surface area contributed by atoms with E-state index in [1.54, 1.807) is 25.7 Å². The number of likely N-dealkylation sites (tertiary alicyclic amines) is 1. The fourth-order valence-electron chi connectivity index (χ4n) is 4.37. The minimum Gasteiger partial charge on any atom is -0.444 e. The van der Waals surface area contributed by atoms with Gasteiger partial charge in [0.05, 0.1) is 5.41 Å². The number of hydrazine groups is 1. The molecule has 152 valence electrons. The van der Waals surface area contributed by atoms with E-state index in [4.69, 9.17) is 4.74 Å². The third-order valence-corrected chi connectivity index (χ3v) is 5.63. The maximum Gasteiger partial charge on any atom is 0.410 e. The maximum atomic E-state index is 12.2. The van der Waals surface area contributed by atoms with Crippen molar-refractivity contribution in [3.63, 3.8) is 0 Å². The van der Waals surface area contributed by atoms with E-state index in [1.165, 1.54) is 0 Å². The van der Waals surface area contributed by atoms with Gasteiger partial charge in [0.2, 0.25) is 11.8 Å². The number of alkyl halides is 3. The molecule has 0 aromatic carbocycles. The van der Waals surface area contributed by atoms with E-state index >= 15 is 0 Å². The molecule has 0 atom stereocenters. The van der Waals surface area contributed by atoms with Gasteiger partial charge in [-0.05, 0) is 45.4 Å². The molecule has 2 bridgehead atoms. The molecule has 0 aromatic rings. The zero-order chi connectivity index (χ0) is 20.3. The molecule has 0 spiro atoms. The topological polar surface area (TPSA) is 87.7 Å². The van der Waals surface area contributed by atoms with Crippen molar-refractivity contribution in [2.75, 3.05) is 13.1 Å². The lowest BCUT2D eigenvalue weighted by Gasteiger charge is -2.74. The first-order chi connectivity index (χ1) is 12.2. The predicted octanol–water partition coefficient (Wildman–Crippen LogP) is 2.12. The Morgan fingerprint density at radius 1 is 1.07 bits per heavy atom. The van der Waals surface area contributed by atoms with Gasteiger partial charge in [-0.25, -0.2) is 4.79 Å². The summed E-state index contributed by atoms with van der Waals surface area (Å²) in [6, 6.07) is 0. The van der Waals surface area contributed by atoms with Crippen molar-refractivity contribution in [1.82, 2.24) is 15.8 Å². The molecule has 7 nitrogen and oxygen atoms in total. The van der Waals surface area contributed by atoms with Gasteiger partial charge in [0.1, 0.15) is 12.0 Å². The zero-order valence-electron chi connectivity index (χ0n) is 15.5. The molecule has 10 heteroatoms. The molecule has 4 rings (SSSR count). The fraction of sp³-hybridized carbons (Fsp3) is 0.824. The van der Waals surface area contributed by atoms with Crippen molar-refractivity contribution in [3.05, 3.63) is 0 Å². The van der Waals surface area contributed by atoms with Gasteiger partial charge in [-0.2, -0.15) is 13.2 Å². The summed E-state index contributed by atoms with van der Waals surface area (Å²) in [7, 11) is 0. The smallest absolute Gasteiger partial charge is 0.410 e. The minimum absolute atomic E-state index is 0.0197. The second-order valence-corrected chi connectivity index (χ2v) is 9.05. The van der Waals surface area contributed by atoms with Crippen molar-refractivity contribution in [3.8, 4) is 0 Å². The normalized spacial score (nSPS) is 29.8. The number of rotatable bonds is 3. The van der Waals surface area contributed by atoms with Crippen LogP contribution in [0.3, 0.4) is 0 Å². The van der Waals surface area contributed by atoms with Crippen LogP contribution in [0.2, 0.25) is 0 Å². The summed E-state index contributed by atoms with van der Waals surface area (Å²) in [6.45, 7) is 6.60. The number of carbonyl (C=O) groups is 3. The molecule has 1 saturated heterocycles. The summed E-state index contributed by atoms with van der Waals surface area (Å²) in [4.78, 5) is 36.9. The Hall–Kier alpha value is -2.00. The summed E-state index contributed by atoms with van der Waals surface area (Å²) < 4.78 is 41.6. The highest BCUT2D eigenvalue weighted by Gasteiger charge is 2.74. The van der Waals surface area contributed by atoms with Gasteiger partial charge < -0.3 is 9.64 Å². The molecule has 3 saturated carbocycles. The molecule has 4 fully saturated rings. The van der Waals surface area contributed by atoms with E-state index in [9.17, 15) is 27.6 Å². The van der Waals surface area contributed by atoms with Gasteiger partial charge in [0.25, 0.3) is 0 Å². The Morgan fingerprint density at radius 2 is 1.63 bits per heavy atom. The Balaban J connectivity index is 1.39. The molecule has 2 N–H and O–H groups in total. The zero-order valence-corrected chi connectivity index (χ0v) is 15.5. The molecule has 1 heterocycles. The third-order valence-electron chi connectivity index (χ3n) is 5.63. The molecule has 4 aliphatic rings. The summed E-state index contributed by atoms with van der Waals surface area (Å²) in [6.07, 6.45) is -4.69. The second-order valence-electron chi connectivity index (χ2n) is 9.05. The van der Waals surface area contributed by atoms with Crippen LogP contribution in [-0.2, 0) is 14.3 Å². The number of nitrogens with one attached hydrogen (secondary N) is 2. The Morgan fingerprint density at radius 3 is 2.11 bits per heavy atom. The van der Waals surface area contributed by atoms with Crippen molar-refractivity contribution < 1.29 is 32.3 Å². The van der Waals surface area contributed by atoms with Gasteiger partial charge in [-0.3, -0.25) is 20.4 Å². The highest BCUT2D eigenvalue weighted by atomic mass is 19.4. The van der Waals surface area contributed by atoms with Crippen LogP contribution < -0.4 is 10.9 Å². The minimum atomic E-state index is -4.61. The lowest BCUT2D eigenvalue weighted by molar-refractivity contribution is -0.247. The largest absolute Gasteiger partial charge is 0.444 e. The molecule has 3 aliphatic carbocycles. The first-order valence-corrected chi connectivity index (χ1v) is 8.88. The molecule has 27 heavy (non-hydrogen) atoms. The van der Waals surface area contributed by atoms with Crippen LogP contribution in [0.4, 0.5) is 18.0 Å². The van der Waals surface area contributed by atoms with E-state index in [2.05, 4.69) is 5.43 Å². The van der Waals surface area contributed by atoms with Gasteiger partial charge in [0, 0.05) is 19.0 Å². The number of nitrogens with zero attached hydrogens (tertiary/aromatic N) is 1. The standard InChI is InChI=1S/C17H24F3N3O4/c1-14(2,3)27-13(26)23-5-10(6-23)15-7-16(8-15,9-15)12(25)22-21-11(24)4-17(18,19)20/h10H,4-9H2,1-3H3,(H,21,24)(H,22,25). The van der Waals surface area contributed by atoms with Crippen molar-refractivity contribution in [2.45, 2.75) is 58.2 Å². The van der Waals surface area contributed by atoms with Crippen LogP contribution in [0.1, 0.15) is 46.5 Å². The van der Waals surface area contributed by atoms with Gasteiger partial charge in [-0.1, -0.05) is 0 Å². The Bertz CT molecular complexity index is 646. The van der Waals surface area contributed by atoms with Crippen LogP contribution in [-0.4, -0.2) is 47.7 Å². The lowest BCUT2D eigenvalue weighted by Crippen LogP contribution is -2.75. The van der Waals surface area contributed by atoms with Gasteiger partial charge in [0.15, 0.2) is 0 Å². The highest BCUT2D eigenvalue weighted by Crippen LogP contribution is 2.77. The summed E-state index contributed by atoms with van der Waals surface area (Å²) >= 11 is 0. The van der Waals surface area contributed by atoms with E-state index in [-0.39, 0.29) is 11.5 Å². The number of halogens is 3. The van der Waals surface area contributed by atoms with Crippen molar-refractivity contribution in [1.29, 1.82) is 0 Å². The van der Waals surface area contributed by atoms with Gasteiger partial charge in [-0.15, -0.1) is 0 Å². The van der Waals surface area contributed by atoms with E-state index in [0.29, 0.717) is 38.3 Å². The van der Waals surface area contributed by atoms with Crippen LogP contribution in [0.25, 0.3) is 0 Å². The molecule has 0 radical (unpaired) electrons. The Kier molecular flexibility index (Phi) is 4.39. The van der Waals surface area contributed by atoms with Crippen molar-refractivity contribution in [2.24, 2.45) is 16.7 Å². The first-order valence-electron chi connectivity index (χ1n) is 8.88. The van der Waals surface area contributed by atoms with E-state index in [0.717, 1.165) is 0 Å². The number of hydrogen-bond donors (Lipinski definition) is 2. The number of hydrogen-bond acceptors (Lipinski definition) is 4. The fourth-order valence-corrected chi connectivity index (χ4v) is 4.37. The van der Waals surface area contributed by atoms with E-state index < -0.39 is 35.4 Å². The molecule has 0 unspecified atom stereocenters. The monoisotopic (exact) mass is 391 g/mol. The molecule has 3 amide bonds. The summed E-state index contributed by atoms with van der Waals surface area (Å²) in [5, 5.41) is 0. The SMILES string of the molecule is CC(C)(C)OC(=O)N1CC(C23CC(C(=O)NNC(=O)CC(F)(F)F)(C2)C3)C1. The number of carbonyl (C=O) groups excluding carboxylic acids is 3.